The molecule has 0 radical (unpaired) electrons. The molecule has 1 aromatic carbocycles. The average Bonchev–Trinajstić information content (AvgIpc) is 2.66. The van der Waals surface area contributed by atoms with Crippen LogP contribution in [0.25, 0.3) is 0 Å². The summed E-state index contributed by atoms with van der Waals surface area (Å²) >= 11 is 1.78. The molecule has 1 aromatic heterocycles. The Labute approximate surface area is 91.9 Å². The van der Waals surface area contributed by atoms with Crippen molar-refractivity contribution in [3.05, 3.63) is 58.3 Å². The second-order valence-electron chi connectivity index (χ2n) is 3.25. The maximum atomic E-state index is 10.8. The fraction of sp³-hybridized carbons (Fsp3) is 0.182. The largest absolute Gasteiger partial charge is 0.323 e. The van der Waals surface area contributed by atoms with Gasteiger partial charge in [0.25, 0.3) is 0 Å². The molecule has 3 nitrogen and oxygen atoms in total. The highest BCUT2D eigenvalue weighted by Gasteiger charge is 1.96. The van der Waals surface area contributed by atoms with Gasteiger partial charge in [-0.05, 0) is 5.56 Å². The van der Waals surface area contributed by atoms with Gasteiger partial charge in [-0.2, -0.15) is 11.8 Å². The summed E-state index contributed by atoms with van der Waals surface area (Å²) in [6.45, 7) is 0. The van der Waals surface area contributed by atoms with E-state index < -0.39 is 0 Å². The highest BCUT2D eigenvalue weighted by Crippen LogP contribution is 2.15. The fourth-order valence-electron chi connectivity index (χ4n) is 1.30. The van der Waals surface area contributed by atoms with Crippen molar-refractivity contribution in [3.8, 4) is 0 Å². The van der Waals surface area contributed by atoms with Crippen LogP contribution in [0.1, 0.15) is 11.3 Å². The van der Waals surface area contributed by atoms with Gasteiger partial charge in [0.05, 0.1) is 0 Å². The number of benzene rings is 1. The molecular formula is C11H12N2OS. The molecule has 2 rings (SSSR count). The van der Waals surface area contributed by atoms with Crippen LogP contribution in [-0.2, 0) is 11.5 Å². The molecule has 0 aliphatic rings. The molecule has 0 aliphatic heterocycles. The van der Waals surface area contributed by atoms with E-state index in [0.29, 0.717) is 0 Å². The number of hydrogen-bond acceptors (Lipinski definition) is 2. The van der Waals surface area contributed by atoms with Crippen molar-refractivity contribution < 1.29 is 0 Å². The van der Waals surface area contributed by atoms with Gasteiger partial charge >= 0.3 is 5.69 Å². The van der Waals surface area contributed by atoms with Crippen LogP contribution in [0.15, 0.2) is 41.3 Å². The van der Waals surface area contributed by atoms with Crippen LogP contribution >= 0.6 is 11.8 Å². The number of imidazole rings is 1. The minimum absolute atomic E-state index is 0.134. The number of aromatic amines is 2. The normalized spacial score (nSPS) is 10.4. The van der Waals surface area contributed by atoms with Crippen molar-refractivity contribution in [2.75, 3.05) is 0 Å². The molecule has 0 atom stereocenters. The second kappa shape index (κ2) is 4.89. The van der Waals surface area contributed by atoms with E-state index >= 15 is 0 Å². The minimum atomic E-state index is -0.134. The van der Waals surface area contributed by atoms with Crippen LogP contribution in [0.5, 0.6) is 0 Å². The number of rotatable bonds is 4. The van der Waals surface area contributed by atoms with Gasteiger partial charge in [0.2, 0.25) is 0 Å². The molecule has 15 heavy (non-hydrogen) atoms. The zero-order valence-electron chi connectivity index (χ0n) is 8.19. The lowest BCUT2D eigenvalue weighted by atomic mass is 10.2. The van der Waals surface area contributed by atoms with E-state index in [1.54, 1.807) is 18.0 Å². The van der Waals surface area contributed by atoms with Gasteiger partial charge in [0.15, 0.2) is 0 Å². The monoisotopic (exact) mass is 220 g/mol. The lowest BCUT2D eigenvalue weighted by Gasteiger charge is -1.99. The van der Waals surface area contributed by atoms with Gasteiger partial charge in [0.1, 0.15) is 0 Å². The Balaban J connectivity index is 1.83. The fourth-order valence-corrected chi connectivity index (χ4v) is 2.21. The van der Waals surface area contributed by atoms with Gasteiger partial charge in [-0.1, -0.05) is 30.3 Å². The molecule has 0 amide bonds. The first-order valence-electron chi connectivity index (χ1n) is 4.73. The number of H-pyrrole nitrogens is 2. The minimum Gasteiger partial charge on any atom is -0.313 e. The maximum Gasteiger partial charge on any atom is 0.323 e. The van der Waals surface area contributed by atoms with E-state index in [1.807, 2.05) is 18.2 Å². The SMILES string of the molecule is O=c1[nH]cc(CSCc2ccccc2)[nH]1. The molecule has 0 spiro atoms. The van der Waals surface area contributed by atoms with E-state index in [2.05, 4.69) is 22.1 Å². The first kappa shape index (κ1) is 10.1. The molecule has 0 saturated carbocycles. The summed E-state index contributed by atoms with van der Waals surface area (Å²) in [6, 6.07) is 10.3. The highest BCUT2D eigenvalue weighted by atomic mass is 32.2. The van der Waals surface area contributed by atoms with Crippen molar-refractivity contribution in [2.45, 2.75) is 11.5 Å². The molecule has 0 unspecified atom stereocenters. The Morgan fingerprint density at radius 2 is 1.93 bits per heavy atom. The van der Waals surface area contributed by atoms with E-state index in [-0.39, 0.29) is 5.69 Å². The number of nitrogens with one attached hydrogen (secondary N) is 2. The Kier molecular flexibility index (Phi) is 3.29. The molecule has 0 saturated heterocycles. The van der Waals surface area contributed by atoms with E-state index in [4.69, 9.17) is 0 Å². The number of hydrogen-bond donors (Lipinski definition) is 2. The molecule has 78 valence electrons. The molecular weight excluding hydrogens is 208 g/mol. The first-order valence-corrected chi connectivity index (χ1v) is 5.88. The van der Waals surface area contributed by atoms with Crippen molar-refractivity contribution in [1.29, 1.82) is 0 Å². The standard InChI is InChI=1S/C11H12N2OS/c14-11-12-6-10(13-11)8-15-7-9-4-2-1-3-5-9/h1-6H,7-8H2,(H2,12,13,14). The number of aromatic nitrogens is 2. The second-order valence-corrected chi connectivity index (χ2v) is 4.23. The Hall–Kier alpha value is -1.42. The molecule has 2 aromatic rings. The predicted molar refractivity (Wildman–Crippen MR) is 62.9 cm³/mol. The number of thioether (sulfide) groups is 1. The van der Waals surface area contributed by atoms with Crippen LogP contribution in [0.3, 0.4) is 0 Å². The van der Waals surface area contributed by atoms with Crippen LogP contribution in [0.2, 0.25) is 0 Å². The predicted octanol–water partition coefficient (Wildman–Crippen LogP) is 2.14. The van der Waals surface area contributed by atoms with Gasteiger partial charge in [-0.25, -0.2) is 4.79 Å². The quantitative estimate of drug-likeness (QED) is 0.829. The Morgan fingerprint density at radius 3 is 2.60 bits per heavy atom. The van der Waals surface area contributed by atoms with Crippen LogP contribution < -0.4 is 5.69 Å². The smallest absolute Gasteiger partial charge is 0.313 e. The summed E-state index contributed by atoms with van der Waals surface area (Å²) in [6.07, 6.45) is 1.72. The third-order valence-corrected chi connectivity index (χ3v) is 3.07. The summed E-state index contributed by atoms with van der Waals surface area (Å²) in [5, 5.41) is 0. The van der Waals surface area contributed by atoms with Gasteiger partial charge in [0, 0.05) is 23.4 Å². The van der Waals surface area contributed by atoms with E-state index in [1.165, 1.54) is 5.56 Å². The zero-order chi connectivity index (χ0) is 10.5. The van der Waals surface area contributed by atoms with Crippen molar-refractivity contribution >= 4 is 11.8 Å². The van der Waals surface area contributed by atoms with Crippen molar-refractivity contribution in [1.82, 2.24) is 9.97 Å². The molecule has 2 N–H and O–H groups in total. The van der Waals surface area contributed by atoms with Gasteiger partial charge in [-0.3, -0.25) is 0 Å². The first-order chi connectivity index (χ1) is 7.34. The summed E-state index contributed by atoms with van der Waals surface area (Å²) in [5.41, 5.74) is 2.12. The maximum absolute atomic E-state index is 10.8. The summed E-state index contributed by atoms with van der Waals surface area (Å²) < 4.78 is 0. The summed E-state index contributed by atoms with van der Waals surface area (Å²) in [4.78, 5) is 16.1. The van der Waals surface area contributed by atoms with Crippen LogP contribution in [0, 0.1) is 0 Å². The molecule has 0 bridgehead atoms. The Bertz CT molecular complexity index is 461. The molecule has 1 heterocycles. The summed E-state index contributed by atoms with van der Waals surface area (Å²) in [7, 11) is 0. The van der Waals surface area contributed by atoms with Crippen LogP contribution in [-0.4, -0.2) is 9.97 Å². The average molecular weight is 220 g/mol. The lowest BCUT2D eigenvalue weighted by Crippen LogP contribution is -2.00. The molecule has 0 fully saturated rings. The third-order valence-electron chi connectivity index (χ3n) is 2.02. The topological polar surface area (TPSA) is 48.6 Å². The van der Waals surface area contributed by atoms with Gasteiger partial charge < -0.3 is 9.97 Å². The van der Waals surface area contributed by atoms with E-state index in [0.717, 1.165) is 17.2 Å². The zero-order valence-corrected chi connectivity index (χ0v) is 9.01. The van der Waals surface area contributed by atoms with Crippen molar-refractivity contribution in [3.63, 3.8) is 0 Å². The van der Waals surface area contributed by atoms with Crippen molar-refractivity contribution in [2.24, 2.45) is 0 Å². The summed E-state index contributed by atoms with van der Waals surface area (Å²) in [5.74, 6) is 1.79. The highest BCUT2D eigenvalue weighted by molar-refractivity contribution is 7.97. The van der Waals surface area contributed by atoms with E-state index in [9.17, 15) is 4.79 Å². The van der Waals surface area contributed by atoms with Gasteiger partial charge in [-0.15, -0.1) is 0 Å². The Morgan fingerprint density at radius 1 is 1.13 bits per heavy atom. The van der Waals surface area contributed by atoms with Crippen LogP contribution in [0.4, 0.5) is 0 Å². The third kappa shape index (κ3) is 3.02. The molecule has 4 heteroatoms. The molecule has 0 aliphatic carbocycles. The lowest BCUT2D eigenvalue weighted by molar-refractivity contribution is 1.15.